The molecule has 2 aromatic carbocycles. The topological polar surface area (TPSA) is 166 Å². The van der Waals surface area contributed by atoms with Crippen LogP contribution >= 0.6 is 11.3 Å². The Morgan fingerprint density at radius 2 is 1.30 bits per heavy atom. The number of rotatable bonds is 11. The maximum absolute atomic E-state index is 13.7. The molecule has 63 heavy (non-hydrogen) atoms. The van der Waals surface area contributed by atoms with Crippen LogP contribution in [0, 0.1) is 0 Å². The van der Waals surface area contributed by atoms with Crippen LogP contribution in [0.1, 0.15) is 65.0 Å². The number of ether oxygens (including phenoxy) is 5. The highest BCUT2D eigenvalue weighted by Gasteiger charge is 2.37. The Morgan fingerprint density at radius 1 is 0.714 bits per heavy atom. The van der Waals surface area contributed by atoms with Gasteiger partial charge in [-0.3, -0.25) is 14.6 Å². The Balaban J connectivity index is 0.813. The van der Waals surface area contributed by atoms with Crippen molar-refractivity contribution < 1.29 is 37.7 Å². The zero-order chi connectivity index (χ0) is 43.1. The van der Waals surface area contributed by atoms with Gasteiger partial charge in [-0.05, 0) is 57.9 Å². The van der Waals surface area contributed by atoms with Crippen molar-refractivity contribution in [2.45, 2.75) is 57.7 Å². The second-order valence-electron chi connectivity index (χ2n) is 17.5. The summed E-state index contributed by atoms with van der Waals surface area (Å²) < 4.78 is 35.6. The van der Waals surface area contributed by atoms with Gasteiger partial charge < -0.3 is 53.4 Å². The molecule has 5 aliphatic heterocycles. The molecule has 8 heterocycles. The third-order valence-corrected chi connectivity index (χ3v) is 13.1. The number of aryl methyl sites for hydroxylation is 1. The number of hydrogen-bond donors (Lipinski definition) is 2. The average Bonchev–Trinajstić information content (AvgIpc) is 4.11. The fourth-order valence-corrected chi connectivity index (χ4v) is 9.81. The molecule has 5 aliphatic rings. The van der Waals surface area contributed by atoms with E-state index in [2.05, 4.69) is 73.2 Å². The second-order valence-corrected chi connectivity index (χ2v) is 18.4. The van der Waals surface area contributed by atoms with Gasteiger partial charge in [0.1, 0.15) is 34.7 Å². The molecular weight excluding hydrogens is 825 g/mol. The van der Waals surface area contributed by atoms with E-state index in [4.69, 9.17) is 28.1 Å². The van der Waals surface area contributed by atoms with E-state index in [0.29, 0.717) is 102 Å². The SMILES string of the molecule is CC1(C)Cc2cc(NC(=O)c3coc(-c4ccnc(CCC5(C)Cc6cc(NC(=O)c7csc(N8CCOCC8)n7)c(N7CCOCC7)cc6O5)c4)n3)c(N3CCOCC3)cc2O1. The molecule has 5 aromatic rings. The largest absolute Gasteiger partial charge is 0.487 e. The van der Waals surface area contributed by atoms with Gasteiger partial charge in [-0.15, -0.1) is 11.3 Å². The van der Waals surface area contributed by atoms with E-state index >= 15 is 0 Å². The molecule has 0 radical (unpaired) electrons. The van der Waals surface area contributed by atoms with E-state index in [0.717, 1.165) is 75.6 Å². The van der Waals surface area contributed by atoms with Crippen molar-refractivity contribution in [1.29, 1.82) is 0 Å². The number of nitrogens with one attached hydrogen (secondary N) is 2. The van der Waals surface area contributed by atoms with E-state index in [1.807, 2.05) is 29.6 Å². The highest BCUT2D eigenvalue weighted by Crippen LogP contribution is 2.45. The number of carbonyl (C=O) groups is 2. The zero-order valence-corrected chi connectivity index (χ0v) is 36.7. The summed E-state index contributed by atoms with van der Waals surface area (Å²) in [5.41, 5.74) is 6.60. The molecule has 16 nitrogen and oxygen atoms in total. The predicted octanol–water partition coefficient (Wildman–Crippen LogP) is 6.25. The number of fused-ring (bicyclic) bond motifs is 2. The second kappa shape index (κ2) is 17.1. The first-order chi connectivity index (χ1) is 30.5. The summed E-state index contributed by atoms with van der Waals surface area (Å²) in [5.74, 6) is 1.37. The molecule has 3 fully saturated rings. The molecule has 1 unspecified atom stereocenters. The van der Waals surface area contributed by atoms with Crippen molar-refractivity contribution in [2.24, 2.45) is 0 Å². The first kappa shape index (κ1) is 41.3. The van der Waals surface area contributed by atoms with Crippen molar-refractivity contribution in [3.8, 4) is 23.0 Å². The lowest BCUT2D eigenvalue weighted by atomic mass is 9.92. The summed E-state index contributed by atoms with van der Waals surface area (Å²) in [5, 5.41) is 8.95. The summed E-state index contributed by atoms with van der Waals surface area (Å²) in [4.78, 5) is 47.9. The predicted molar refractivity (Wildman–Crippen MR) is 239 cm³/mol. The lowest BCUT2D eigenvalue weighted by molar-refractivity contribution is 0.101. The number of pyridine rings is 1. The number of nitrogens with zero attached hydrogens (tertiary/aromatic N) is 6. The Kier molecular flexibility index (Phi) is 11.2. The zero-order valence-electron chi connectivity index (χ0n) is 35.9. The Labute approximate surface area is 369 Å². The number of aromatic nitrogens is 3. The molecule has 330 valence electrons. The first-order valence-corrected chi connectivity index (χ1v) is 22.6. The quantitative estimate of drug-likeness (QED) is 0.153. The molecule has 3 aromatic heterocycles. The van der Waals surface area contributed by atoms with Gasteiger partial charge in [0, 0.05) is 98.2 Å². The molecule has 1 atom stereocenters. The first-order valence-electron chi connectivity index (χ1n) is 21.7. The maximum atomic E-state index is 13.7. The molecule has 0 saturated carbocycles. The van der Waals surface area contributed by atoms with Crippen LogP contribution in [-0.4, -0.2) is 117 Å². The van der Waals surface area contributed by atoms with Crippen LogP contribution in [0.15, 0.2) is 58.7 Å². The number of oxazole rings is 1. The molecule has 17 heteroatoms. The van der Waals surface area contributed by atoms with Crippen molar-refractivity contribution in [3.63, 3.8) is 0 Å². The standard InChI is InChI=1S/C46H52N8O8S/c1-45(2)25-30-21-33(37(23-39(30)61-45)52-8-14-57-15-9-52)48-41(55)35-27-60-43(50-35)29-5-7-47-32(20-29)4-6-46(3)26-31-22-34(38(24-40(31)62-46)53-10-16-58-17-11-53)49-42(56)36-28-63-44(51-36)54-12-18-59-19-13-54/h5,7,20-24,27-28H,4,6,8-19,25-26H2,1-3H3,(H,48,55)(H,49,56). The van der Waals surface area contributed by atoms with Gasteiger partial charge >= 0.3 is 0 Å². The van der Waals surface area contributed by atoms with Crippen LogP contribution in [0.2, 0.25) is 0 Å². The van der Waals surface area contributed by atoms with Crippen LogP contribution in [0.4, 0.5) is 27.9 Å². The number of amides is 2. The van der Waals surface area contributed by atoms with Gasteiger partial charge in [-0.2, -0.15) is 0 Å². The summed E-state index contributed by atoms with van der Waals surface area (Å²) >= 11 is 1.47. The minimum Gasteiger partial charge on any atom is -0.487 e. The third-order valence-electron chi connectivity index (χ3n) is 12.2. The lowest BCUT2D eigenvalue weighted by Crippen LogP contribution is -2.37. The highest BCUT2D eigenvalue weighted by molar-refractivity contribution is 7.14. The number of benzene rings is 2. The minimum absolute atomic E-state index is 0.175. The van der Waals surface area contributed by atoms with E-state index < -0.39 is 5.60 Å². The molecule has 10 rings (SSSR count). The number of anilines is 5. The summed E-state index contributed by atoms with van der Waals surface area (Å²) in [6.07, 6.45) is 5.85. The van der Waals surface area contributed by atoms with Crippen LogP contribution in [0.25, 0.3) is 11.5 Å². The minimum atomic E-state index is -0.513. The fraction of sp³-hybridized carbons (Fsp3) is 0.457. The van der Waals surface area contributed by atoms with Gasteiger partial charge in [0.2, 0.25) is 5.89 Å². The molecule has 3 saturated heterocycles. The Bertz CT molecular complexity index is 2510. The van der Waals surface area contributed by atoms with Crippen molar-refractivity contribution in [1.82, 2.24) is 15.0 Å². The van der Waals surface area contributed by atoms with Crippen molar-refractivity contribution in [3.05, 3.63) is 82.4 Å². The van der Waals surface area contributed by atoms with Gasteiger partial charge in [-0.1, -0.05) is 0 Å². The van der Waals surface area contributed by atoms with Gasteiger partial charge in [-0.25, -0.2) is 9.97 Å². The number of hydrogen-bond acceptors (Lipinski definition) is 15. The van der Waals surface area contributed by atoms with E-state index in [-0.39, 0.29) is 23.1 Å². The number of carbonyl (C=O) groups excluding carboxylic acids is 2. The van der Waals surface area contributed by atoms with Crippen LogP contribution in [0.5, 0.6) is 11.5 Å². The average molecular weight is 877 g/mol. The van der Waals surface area contributed by atoms with Crippen LogP contribution < -0.4 is 34.8 Å². The van der Waals surface area contributed by atoms with Gasteiger partial charge in [0.05, 0.1) is 62.4 Å². The molecule has 2 N–H and O–H groups in total. The number of thiazole rings is 1. The Hall–Kier alpha value is -5.75. The lowest BCUT2D eigenvalue weighted by Gasteiger charge is -2.31. The summed E-state index contributed by atoms with van der Waals surface area (Å²) in [6, 6.07) is 11.9. The van der Waals surface area contributed by atoms with Crippen LogP contribution in [-0.2, 0) is 33.5 Å². The molecular formula is C46H52N8O8S. The molecule has 0 spiro atoms. The van der Waals surface area contributed by atoms with Crippen molar-refractivity contribution >= 4 is 51.0 Å². The summed E-state index contributed by atoms with van der Waals surface area (Å²) in [6.45, 7) is 14.3. The maximum Gasteiger partial charge on any atom is 0.277 e. The van der Waals surface area contributed by atoms with Crippen molar-refractivity contribution in [2.75, 3.05) is 104 Å². The van der Waals surface area contributed by atoms with Gasteiger partial charge in [0.15, 0.2) is 10.8 Å². The normalized spacial score (nSPS) is 20.5. The monoisotopic (exact) mass is 876 g/mol. The molecule has 2 amide bonds. The van der Waals surface area contributed by atoms with Gasteiger partial charge in [0.25, 0.3) is 11.8 Å². The molecule has 0 aliphatic carbocycles. The third kappa shape index (κ3) is 8.92. The van der Waals surface area contributed by atoms with E-state index in [1.165, 1.54) is 17.6 Å². The molecule has 0 bridgehead atoms. The Morgan fingerprint density at radius 3 is 1.95 bits per heavy atom. The van der Waals surface area contributed by atoms with Crippen LogP contribution in [0.3, 0.4) is 0 Å². The summed E-state index contributed by atoms with van der Waals surface area (Å²) in [7, 11) is 0. The number of morpholine rings is 3. The smallest absolute Gasteiger partial charge is 0.277 e. The highest BCUT2D eigenvalue weighted by atomic mass is 32.1. The van der Waals surface area contributed by atoms with E-state index in [9.17, 15) is 9.59 Å². The fourth-order valence-electron chi connectivity index (χ4n) is 8.95. The van der Waals surface area contributed by atoms with E-state index in [1.54, 1.807) is 6.20 Å².